The molecule has 1 N–H and O–H groups in total. The van der Waals surface area contributed by atoms with Crippen molar-refractivity contribution in [1.29, 1.82) is 0 Å². The highest BCUT2D eigenvalue weighted by atomic mass is 35.5. The largest absolute Gasteiger partial charge is 0.468 e. The van der Waals surface area contributed by atoms with Crippen molar-refractivity contribution in [2.24, 2.45) is 0 Å². The van der Waals surface area contributed by atoms with E-state index >= 15 is 0 Å². The molecule has 7 nitrogen and oxygen atoms in total. The number of carbonyl (C=O) groups is 3. The number of hydrogen-bond donors (Lipinski definition) is 1. The first kappa shape index (κ1) is 19.7. The van der Waals surface area contributed by atoms with E-state index in [-0.39, 0.29) is 5.70 Å². The summed E-state index contributed by atoms with van der Waals surface area (Å²) in [5.41, 5.74) is 4.63. The number of amides is 3. The van der Waals surface area contributed by atoms with Crippen molar-refractivity contribution < 1.29 is 19.1 Å². The molecule has 0 spiro atoms. The Bertz CT molecular complexity index is 1020. The molecule has 1 aromatic heterocycles. The highest BCUT2D eigenvalue weighted by molar-refractivity contribution is 6.31. The monoisotopic (exact) mass is 401 g/mol. The summed E-state index contributed by atoms with van der Waals surface area (Å²) in [5, 5.41) is 3.18. The number of nitrogens with zero attached hydrogens (tertiary/aromatic N) is 2. The van der Waals surface area contributed by atoms with Crippen molar-refractivity contribution in [2.45, 2.75) is 20.8 Å². The van der Waals surface area contributed by atoms with Crippen molar-refractivity contribution in [1.82, 2.24) is 14.8 Å². The van der Waals surface area contributed by atoms with Crippen LogP contribution in [-0.4, -0.2) is 41.0 Å². The van der Waals surface area contributed by atoms with Gasteiger partial charge in [-0.3, -0.25) is 9.59 Å². The van der Waals surface area contributed by atoms with Crippen LogP contribution in [0.2, 0.25) is 5.02 Å². The lowest BCUT2D eigenvalue weighted by molar-refractivity contribution is -0.143. The molecule has 1 aliphatic rings. The van der Waals surface area contributed by atoms with Crippen LogP contribution in [0.15, 0.2) is 30.0 Å². The molecule has 2 heterocycles. The fraction of sp³-hybridized carbons (Fsp3) is 0.250. The van der Waals surface area contributed by atoms with Gasteiger partial charge in [0.1, 0.15) is 12.2 Å². The number of aromatic nitrogens is 1. The molecular weight excluding hydrogens is 382 g/mol. The SMILES string of the molecule is COC(=O)CN1C(=O)N/C(=C/c2cc(C)n(-c3cccc(Cl)c3C)c2C)C1=O. The van der Waals surface area contributed by atoms with E-state index in [9.17, 15) is 14.4 Å². The van der Waals surface area contributed by atoms with Gasteiger partial charge in [-0.25, -0.2) is 9.69 Å². The molecule has 146 valence electrons. The van der Waals surface area contributed by atoms with Gasteiger partial charge in [0.25, 0.3) is 5.91 Å². The quantitative estimate of drug-likeness (QED) is 0.485. The van der Waals surface area contributed by atoms with Crippen LogP contribution in [0.1, 0.15) is 22.5 Å². The number of carbonyl (C=O) groups excluding carboxylic acids is 3. The van der Waals surface area contributed by atoms with E-state index in [4.69, 9.17) is 11.6 Å². The van der Waals surface area contributed by atoms with Gasteiger partial charge in [-0.2, -0.15) is 0 Å². The number of imide groups is 1. The summed E-state index contributed by atoms with van der Waals surface area (Å²) in [6, 6.07) is 6.96. The Kier molecular flexibility index (Phi) is 5.29. The van der Waals surface area contributed by atoms with Crippen molar-refractivity contribution in [2.75, 3.05) is 13.7 Å². The Morgan fingerprint density at radius 1 is 1.25 bits per heavy atom. The average Bonchev–Trinajstić information content (AvgIpc) is 3.07. The lowest BCUT2D eigenvalue weighted by atomic mass is 10.2. The Hall–Kier alpha value is -3.06. The van der Waals surface area contributed by atoms with Gasteiger partial charge in [-0.1, -0.05) is 17.7 Å². The maximum absolute atomic E-state index is 12.5. The van der Waals surface area contributed by atoms with Gasteiger partial charge in [-0.05, 0) is 56.2 Å². The van der Waals surface area contributed by atoms with Crippen LogP contribution in [0, 0.1) is 20.8 Å². The first-order valence-electron chi connectivity index (χ1n) is 8.60. The number of nitrogens with one attached hydrogen (secondary N) is 1. The summed E-state index contributed by atoms with van der Waals surface area (Å²) < 4.78 is 6.57. The number of methoxy groups -OCH3 is 1. The van der Waals surface area contributed by atoms with Crippen molar-refractivity contribution in [3.05, 3.63) is 57.5 Å². The molecule has 0 atom stereocenters. The summed E-state index contributed by atoms with van der Waals surface area (Å²) in [6.45, 7) is 5.39. The fourth-order valence-corrected chi connectivity index (χ4v) is 3.38. The van der Waals surface area contributed by atoms with Gasteiger partial charge < -0.3 is 14.6 Å². The van der Waals surface area contributed by atoms with Crippen LogP contribution in [-0.2, 0) is 14.3 Å². The number of esters is 1. The summed E-state index contributed by atoms with van der Waals surface area (Å²) in [5.74, 6) is -1.24. The molecule has 0 saturated carbocycles. The molecule has 8 heteroatoms. The Morgan fingerprint density at radius 2 is 1.96 bits per heavy atom. The fourth-order valence-electron chi connectivity index (χ4n) is 3.21. The van der Waals surface area contributed by atoms with Gasteiger partial charge in [0, 0.05) is 22.1 Å². The van der Waals surface area contributed by atoms with Crippen LogP contribution in [0.3, 0.4) is 0 Å². The van der Waals surface area contributed by atoms with Crippen LogP contribution < -0.4 is 5.32 Å². The van der Waals surface area contributed by atoms with E-state index in [0.717, 1.165) is 33.1 Å². The molecule has 28 heavy (non-hydrogen) atoms. The van der Waals surface area contributed by atoms with E-state index in [1.807, 2.05) is 49.6 Å². The van der Waals surface area contributed by atoms with Crippen LogP contribution in [0.25, 0.3) is 11.8 Å². The Morgan fingerprint density at radius 3 is 2.64 bits per heavy atom. The lowest BCUT2D eigenvalue weighted by Crippen LogP contribution is -2.36. The molecule has 1 saturated heterocycles. The summed E-state index contributed by atoms with van der Waals surface area (Å²) in [6.07, 6.45) is 1.61. The predicted molar refractivity (Wildman–Crippen MR) is 105 cm³/mol. The van der Waals surface area contributed by atoms with Crippen molar-refractivity contribution >= 4 is 35.6 Å². The zero-order valence-corrected chi connectivity index (χ0v) is 16.8. The van der Waals surface area contributed by atoms with Gasteiger partial charge >= 0.3 is 12.0 Å². The second kappa shape index (κ2) is 7.52. The molecule has 3 rings (SSSR count). The zero-order chi connectivity index (χ0) is 20.6. The van der Waals surface area contributed by atoms with Crippen LogP contribution in [0.5, 0.6) is 0 Å². The number of hydrogen-bond acceptors (Lipinski definition) is 4. The number of halogens is 1. The van der Waals surface area contributed by atoms with Crippen LogP contribution >= 0.6 is 11.6 Å². The Balaban J connectivity index is 1.98. The van der Waals surface area contributed by atoms with Gasteiger partial charge in [0.05, 0.1) is 7.11 Å². The number of urea groups is 1. The smallest absolute Gasteiger partial charge is 0.329 e. The standard InChI is InChI=1S/C20H20ClN3O4/c1-11-8-14(13(3)24(11)17-7-5-6-15(21)12(17)2)9-16-19(26)23(20(27)22-16)10-18(25)28-4/h5-9H,10H2,1-4H3,(H,22,27)/b16-9+. The zero-order valence-electron chi connectivity index (χ0n) is 16.0. The lowest BCUT2D eigenvalue weighted by Gasteiger charge is -2.13. The number of rotatable bonds is 4. The molecule has 0 bridgehead atoms. The number of ether oxygens (including phenoxy) is 1. The number of aryl methyl sites for hydroxylation is 1. The summed E-state index contributed by atoms with van der Waals surface area (Å²) >= 11 is 6.26. The van der Waals surface area contributed by atoms with E-state index in [1.165, 1.54) is 7.11 Å². The molecular formula is C20H20ClN3O4. The molecule has 3 amide bonds. The third-order valence-electron chi connectivity index (χ3n) is 4.73. The normalized spacial score (nSPS) is 15.3. The minimum atomic E-state index is -0.667. The maximum Gasteiger partial charge on any atom is 0.329 e. The third kappa shape index (κ3) is 3.41. The van der Waals surface area contributed by atoms with E-state index in [2.05, 4.69) is 10.1 Å². The van der Waals surface area contributed by atoms with Gasteiger partial charge in [-0.15, -0.1) is 0 Å². The Labute approximate surface area is 167 Å². The molecule has 0 radical (unpaired) electrons. The van der Waals surface area contributed by atoms with E-state index < -0.39 is 24.5 Å². The summed E-state index contributed by atoms with van der Waals surface area (Å²) in [7, 11) is 1.20. The second-order valence-corrected chi connectivity index (χ2v) is 6.91. The first-order valence-corrected chi connectivity index (χ1v) is 8.98. The van der Waals surface area contributed by atoms with Crippen LogP contribution in [0.4, 0.5) is 4.79 Å². The van der Waals surface area contributed by atoms with Crippen molar-refractivity contribution in [3.8, 4) is 5.69 Å². The molecule has 2 aromatic rings. The summed E-state index contributed by atoms with van der Waals surface area (Å²) in [4.78, 5) is 36.7. The number of benzene rings is 1. The second-order valence-electron chi connectivity index (χ2n) is 6.50. The third-order valence-corrected chi connectivity index (χ3v) is 5.14. The first-order chi connectivity index (χ1) is 13.2. The molecule has 1 fully saturated rings. The molecule has 0 aliphatic carbocycles. The molecule has 1 aromatic carbocycles. The highest BCUT2D eigenvalue weighted by Crippen LogP contribution is 2.28. The van der Waals surface area contributed by atoms with Gasteiger partial charge in [0.2, 0.25) is 0 Å². The maximum atomic E-state index is 12.5. The minimum absolute atomic E-state index is 0.108. The van der Waals surface area contributed by atoms with Gasteiger partial charge in [0.15, 0.2) is 0 Å². The highest BCUT2D eigenvalue weighted by Gasteiger charge is 2.35. The molecule has 0 unspecified atom stereocenters. The van der Waals surface area contributed by atoms with E-state index in [0.29, 0.717) is 5.02 Å². The van der Waals surface area contributed by atoms with Crippen molar-refractivity contribution in [3.63, 3.8) is 0 Å². The van der Waals surface area contributed by atoms with E-state index in [1.54, 1.807) is 6.08 Å². The predicted octanol–water partition coefficient (Wildman–Crippen LogP) is 3.12. The topological polar surface area (TPSA) is 80.6 Å². The average molecular weight is 402 g/mol. The molecule has 1 aliphatic heterocycles. The minimum Gasteiger partial charge on any atom is -0.468 e.